The molecule has 0 saturated carbocycles. The highest BCUT2D eigenvalue weighted by Crippen LogP contribution is 2.15. The number of anilines is 1. The molecule has 2 atom stereocenters. The van der Waals surface area contributed by atoms with Gasteiger partial charge in [-0.05, 0) is 27.4 Å². The van der Waals surface area contributed by atoms with Crippen molar-refractivity contribution in [1.29, 1.82) is 0 Å². The van der Waals surface area contributed by atoms with Gasteiger partial charge in [-0.3, -0.25) is 4.68 Å². The van der Waals surface area contributed by atoms with Crippen molar-refractivity contribution in [3.8, 4) is 0 Å². The summed E-state index contributed by atoms with van der Waals surface area (Å²) in [5, 5.41) is 7.18. The molecule has 1 fully saturated rings. The lowest BCUT2D eigenvalue weighted by Crippen LogP contribution is -2.50. The SMILES string of the molecule is CC[C@H]1CN(C(=O)Nc2cnn(CCN(C)C)c2)C[C@H](C)O1. The van der Waals surface area contributed by atoms with Crippen molar-refractivity contribution < 1.29 is 9.53 Å². The Morgan fingerprint density at radius 1 is 1.50 bits per heavy atom. The predicted octanol–water partition coefficient (Wildman–Crippen LogP) is 1.48. The molecule has 0 aliphatic carbocycles. The summed E-state index contributed by atoms with van der Waals surface area (Å²) in [4.78, 5) is 16.3. The number of hydrogen-bond acceptors (Lipinski definition) is 4. The molecule has 1 aromatic heterocycles. The number of amides is 2. The van der Waals surface area contributed by atoms with E-state index >= 15 is 0 Å². The third-order valence-electron chi connectivity index (χ3n) is 3.73. The zero-order valence-corrected chi connectivity index (χ0v) is 14.0. The van der Waals surface area contributed by atoms with Gasteiger partial charge in [-0.1, -0.05) is 6.92 Å². The highest BCUT2D eigenvalue weighted by molar-refractivity contribution is 5.89. The minimum absolute atomic E-state index is 0.0762. The average molecular weight is 309 g/mol. The molecule has 0 aromatic carbocycles. The van der Waals surface area contributed by atoms with Crippen LogP contribution in [-0.4, -0.2) is 71.5 Å². The quantitative estimate of drug-likeness (QED) is 0.895. The van der Waals surface area contributed by atoms with Gasteiger partial charge in [0.05, 0.1) is 30.6 Å². The molecule has 0 radical (unpaired) electrons. The van der Waals surface area contributed by atoms with E-state index in [0.29, 0.717) is 13.1 Å². The fourth-order valence-corrected chi connectivity index (χ4v) is 2.49. The molecule has 0 bridgehead atoms. The van der Waals surface area contributed by atoms with Crippen molar-refractivity contribution in [2.45, 2.75) is 39.0 Å². The largest absolute Gasteiger partial charge is 0.372 e. The van der Waals surface area contributed by atoms with Crippen LogP contribution in [0, 0.1) is 0 Å². The van der Waals surface area contributed by atoms with Crippen molar-refractivity contribution in [1.82, 2.24) is 19.6 Å². The molecule has 1 aliphatic rings. The van der Waals surface area contributed by atoms with Gasteiger partial charge in [-0.15, -0.1) is 0 Å². The molecule has 124 valence electrons. The van der Waals surface area contributed by atoms with Gasteiger partial charge in [0.15, 0.2) is 0 Å². The van der Waals surface area contributed by atoms with Crippen LogP contribution in [-0.2, 0) is 11.3 Å². The van der Waals surface area contributed by atoms with Crippen LogP contribution in [0.2, 0.25) is 0 Å². The first-order valence-corrected chi connectivity index (χ1v) is 7.86. The molecular formula is C15H27N5O2. The van der Waals surface area contributed by atoms with Gasteiger partial charge in [-0.25, -0.2) is 4.79 Å². The van der Waals surface area contributed by atoms with E-state index in [1.54, 1.807) is 6.20 Å². The lowest BCUT2D eigenvalue weighted by molar-refractivity contribution is -0.0632. The third kappa shape index (κ3) is 4.71. The Morgan fingerprint density at radius 2 is 2.27 bits per heavy atom. The maximum atomic E-state index is 12.4. The number of morpholine rings is 1. The van der Waals surface area contributed by atoms with Crippen LogP contribution < -0.4 is 5.32 Å². The minimum Gasteiger partial charge on any atom is -0.372 e. The molecule has 7 nitrogen and oxygen atoms in total. The summed E-state index contributed by atoms with van der Waals surface area (Å²) in [7, 11) is 4.05. The molecule has 2 rings (SSSR count). The summed E-state index contributed by atoms with van der Waals surface area (Å²) in [5.41, 5.74) is 0.732. The van der Waals surface area contributed by atoms with E-state index in [4.69, 9.17) is 4.74 Å². The fourth-order valence-electron chi connectivity index (χ4n) is 2.49. The van der Waals surface area contributed by atoms with Gasteiger partial charge in [0, 0.05) is 25.8 Å². The normalized spacial score (nSPS) is 22.1. The van der Waals surface area contributed by atoms with Crippen LogP contribution in [0.25, 0.3) is 0 Å². The second-order valence-corrected chi connectivity index (χ2v) is 6.11. The van der Waals surface area contributed by atoms with Gasteiger partial charge in [0.2, 0.25) is 0 Å². The number of hydrogen-bond donors (Lipinski definition) is 1. The zero-order valence-electron chi connectivity index (χ0n) is 14.0. The maximum Gasteiger partial charge on any atom is 0.322 e. The van der Waals surface area contributed by atoms with Crippen LogP contribution >= 0.6 is 0 Å². The Bertz CT molecular complexity index is 488. The Kier molecular flexibility index (Phi) is 5.79. The first kappa shape index (κ1) is 16.8. The molecular weight excluding hydrogens is 282 g/mol. The van der Waals surface area contributed by atoms with E-state index in [2.05, 4.69) is 22.2 Å². The lowest BCUT2D eigenvalue weighted by Gasteiger charge is -2.36. The highest BCUT2D eigenvalue weighted by Gasteiger charge is 2.27. The highest BCUT2D eigenvalue weighted by atomic mass is 16.5. The number of nitrogens with zero attached hydrogens (tertiary/aromatic N) is 4. The number of nitrogens with one attached hydrogen (secondary N) is 1. The molecule has 0 spiro atoms. The van der Waals surface area contributed by atoms with E-state index in [0.717, 1.165) is 25.2 Å². The van der Waals surface area contributed by atoms with Crippen molar-refractivity contribution >= 4 is 11.7 Å². The predicted molar refractivity (Wildman–Crippen MR) is 86.0 cm³/mol. The summed E-state index contributed by atoms with van der Waals surface area (Å²) in [6.07, 6.45) is 4.66. The first-order valence-electron chi connectivity index (χ1n) is 7.86. The van der Waals surface area contributed by atoms with Crippen LogP contribution in [0.1, 0.15) is 20.3 Å². The van der Waals surface area contributed by atoms with Crippen LogP contribution in [0.3, 0.4) is 0 Å². The molecule has 0 unspecified atom stereocenters. The van der Waals surface area contributed by atoms with Crippen LogP contribution in [0.5, 0.6) is 0 Å². The summed E-state index contributed by atoms with van der Waals surface area (Å²) < 4.78 is 7.62. The summed E-state index contributed by atoms with van der Waals surface area (Å²) in [5.74, 6) is 0. The van der Waals surface area contributed by atoms with E-state index in [9.17, 15) is 4.79 Å². The van der Waals surface area contributed by atoms with Crippen molar-refractivity contribution in [3.63, 3.8) is 0 Å². The zero-order chi connectivity index (χ0) is 16.1. The second-order valence-electron chi connectivity index (χ2n) is 6.11. The Labute approximate surface area is 132 Å². The van der Waals surface area contributed by atoms with Crippen LogP contribution in [0.4, 0.5) is 10.5 Å². The van der Waals surface area contributed by atoms with Gasteiger partial charge < -0.3 is 19.9 Å². The number of urea groups is 1. The molecule has 1 saturated heterocycles. The van der Waals surface area contributed by atoms with Gasteiger partial charge in [-0.2, -0.15) is 5.10 Å². The maximum absolute atomic E-state index is 12.4. The third-order valence-corrected chi connectivity index (χ3v) is 3.73. The molecule has 1 aliphatic heterocycles. The van der Waals surface area contributed by atoms with Crippen molar-refractivity contribution in [3.05, 3.63) is 12.4 Å². The number of carbonyl (C=O) groups excluding carboxylic acids is 1. The minimum atomic E-state index is -0.0826. The van der Waals surface area contributed by atoms with E-state index in [1.165, 1.54) is 0 Å². The van der Waals surface area contributed by atoms with E-state index < -0.39 is 0 Å². The molecule has 22 heavy (non-hydrogen) atoms. The van der Waals surface area contributed by atoms with Crippen LogP contribution in [0.15, 0.2) is 12.4 Å². The van der Waals surface area contributed by atoms with Crippen molar-refractivity contribution in [2.75, 3.05) is 39.0 Å². The number of likely N-dealkylation sites (N-methyl/N-ethyl adjacent to an activating group) is 1. The topological polar surface area (TPSA) is 62.6 Å². The summed E-state index contributed by atoms with van der Waals surface area (Å²) in [6, 6.07) is -0.0826. The number of rotatable bonds is 5. The Hall–Kier alpha value is -1.60. The Morgan fingerprint density at radius 3 is 2.95 bits per heavy atom. The molecule has 7 heteroatoms. The van der Waals surface area contributed by atoms with Gasteiger partial charge in [0.25, 0.3) is 0 Å². The van der Waals surface area contributed by atoms with Crippen molar-refractivity contribution in [2.24, 2.45) is 0 Å². The smallest absolute Gasteiger partial charge is 0.322 e. The molecule has 2 amide bonds. The van der Waals surface area contributed by atoms with E-state index in [1.807, 2.05) is 36.8 Å². The van der Waals surface area contributed by atoms with Gasteiger partial charge >= 0.3 is 6.03 Å². The average Bonchev–Trinajstić information content (AvgIpc) is 2.92. The molecule has 2 heterocycles. The number of ether oxygens (including phenoxy) is 1. The standard InChI is InChI=1S/C15H27N5O2/c1-5-14-11-19(9-12(2)22-14)15(21)17-13-8-16-20(10-13)7-6-18(3)4/h8,10,12,14H,5-7,9,11H2,1-4H3,(H,17,21)/t12-,14-/m0/s1. The van der Waals surface area contributed by atoms with E-state index in [-0.39, 0.29) is 18.2 Å². The molecule has 1 N–H and O–H groups in total. The van der Waals surface area contributed by atoms with Gasteiger partial charge in [0.1, 0.15) is 0 Å². The summed E-state index contributed by atoms with van der Waals surface area (Å²) in [6.45, 7) is 7.05. The lowest BCUT2D eigenvalue weighted by atomic mass is 10.2. The monoisotopic (exact) mass is 309 g/mol. The second kappa shape index (κ2) is 7.60. The fraction of sp³-hybridized carbons (Fsp3) is 0.733. The number of carbonyl (C=O) groups is 1. The molecule has 1 aromatic rings. The first-order chi connectivity index (χ1) is 10.5. The summed E-state index contributed by atoms with van der Waals surface area (Å²) >= 11 is 0. The number of aromatic nitrogens is 2. The Balaban J connectivity index is 1.88.